The van der Waals surface area contributed by atoms with E-state index in [1.54, 1.807) is 6.07 Å². The molecule has 1 aromatic carbocycles. The molecule has 0 radical (unpaired) electrons. The van der Waals surface area contributed by atoms with Crippen molar-refractivity contribution in [1.29, 1.82) is 0 Å². The maximum atomic E-state index is 13.2. The lowest BCUT2D eigenvalue weighted by atomic mass is 9.74. The molecule has 0 aromatic heterocycles. The van der Waals surface area contributed by atoms with Gasteiger partial charge in [-0.05, 0) is 37.3 Å². The van der Waals surface area contributed by atoms with Gasteiger partial charge in [-0.2, -0.15) is 0 Å². The molecule has 70 valence electrons. The topological polar surface area (TPSA) is 26.0 Å². The summed E-state index contributed by atoms with van der Waals surface area (Å²) in [5.74, 6) is -0.126. The van der Waals surface area contributed by atoms with Crippen molar-refractivity contribution in [3.8, 4) is 0 Å². The molecule has 1 aliphatic carbocycles. The standard InChI is InChI=1S/C11H14FN/c12-10-5-2-1-4-9(10)8-11(13)6-3-7-11/h1-2,4-5H,3,6-8,13H2. The van der Waals surface area contributed by atoms with Crippen LogP contribution >= 0.6 is 0 Å². The van der Waals surface area contributed by atoms with Crippen LogP contribution in [0.4, 0.5) is 4.39 Å². The lowest BCUT2D eigenvalue weighted by molar-refractivity contribution is 0.245. The second-order valence-corrected chi connectivity index (χ2v) is 3.98. The molecule has 2 N–H and O–H groups in total. The molecular weight excluding hydrogens is 165 g/mol. The van der Waals surface area contributed by atoms with Crippen LogP contribution < -0.4 is 5.73 Å². The molecule has 2 heteroatoms. The summed E-state index contributed by atoms with van der Waals surface area (Å²) in [4.78, 5) is 0. The van der Waals surface area contributed by atoms with Gasteiger partial charge in [0.25, 0.3) is 0 Å². The van der Waals surface area contributed by atoms with Crippen LogP contribution in [0.1, 0.15) is 24.8 Å². The average Bonchev–Trinajstić information content (AvgIpc) is 2.06. The third-order valence-corrected chi connectivity index (χ3v) is 2.85. The number of halogens is 1. The summed E-state index contributed by atoms with van der Waals surface area (Å²) in [6.45, 7) is 0. The Morgan fingerprint density at radius 1 is 1.31 bits per heavy atom. The molecule has 1 aromatic rings. The van der Waals surface area contributed by atoms with E-state index in [9.17, 15) is 4.39 Å². The number of benzene rings is 1. The van der Waals surface area contributed by atoms with Gasteiger partial charge >= 0.3 is 0 Å². The van der Waals surface area contributed by atoms with Crippen LogP contribution in [0.5, 0.6) is 0 Å². The Balaban J connectivity index is 2.13. The van der Waals surface area contributed by atoms with Crippen molar-refractivity contribution in [2.75, 3.05) is 0 Å². The highest BCUT2D eigenvalue weighted by molar-refractivity contribution is 5.20. The Labute approximate surface area is 77.8 Å². The number of hydrogen-bond acceptors (Lipinski definition) is 1. The lowest BCUT2D eigenvalue weighted by Crippen LogP contribution is -2.48. The van der Waals surface area contributed by atoms with Crippen LogP contribution in [0.25, 0.3) is 0 Å². The fourth-order valence-corrected chi connectivity index (χ4v) is 1.83. The van der Waals surface area contributed by atoms with Crippen molar-refractivity contribution in [2.24, 2.45) is 5.73 Å². The molecule has 0 bridgehead atoms. The zero-order chi connectivity index (χ0) is 9.31. The first-order valence-electron chi connectivity index (χ1n) is 4.72. The Bertz CT molecular complexity index is 305. The maximum Gasteiger partial charge on any atom is 0.126 e. The number of rotatable bonds is 2. The molecule has 0 atom stereocenters. The predicted molar refractivity (Wildman–Crippen MR) is 50.9 cm³/mol. The molecule has 0 aliphatic heterocycles. The Hall–Kier alpha value is -0.890. The van der Waals surface area contributed by atoms with Crippen molar-refractivity contribution >= 4 is 0 Å². The summed E-state index contributed by atoms with van der Waals surface area (Å²) in [7, 11) is 0. The van der Waals surface area contributed by atoms with Gasteiger partial charge in [0.1, 0.15) is 5.82 Å². The molecule has 1 nitrogen and oxygen atoms in total. The molecule has 0 saturated heterocycles. The van der Waals surface area contributed by atoms with E-state index in [4.69, 9.17) is 5.73 Å². The van der Waals surface area contributed by atoms with E-state index in [-0.39, 0.29) is 11.4 Å². The molecule has 1 saturated carbocycles. The largest absolute Gasteiger partial charge is 0.325 e. The maximum absolute atomic E-state index is 13.2. The molecule has 0 amide bonds. The van der Waals surface area contributed by atoms with Gasteiger partial charge in [-0.3, -0.25) is 0 Å². The van der Waals surface area contributed by atoms with Crippen LogP contribution in [0.15, 0.2) is 24.3 Å². The van der Waals surface area contributed by atoms with Crippen LogP contribution in [-0.4, -0.2) is 5.54 Å². The van der Waals surface area contributed by atoms with Gasteiger partial charge in [0, 0.05) is 5.54 Å². The van der Waals surface area contributed by atoms with E-state index in [0.29, 0.717) is 6.42 Å². The van der Waals surface area contributed by atoms with Gasteiger partial charge in [-0.25, -0.2) is 4.39 Å². The van der Waals surface area contributed by atoms with E-state index < -0.39 is 0 Å². The van der Waals surface area contributed by atoms with E-state index >= 15 is 0 Å². The fourth-order valence-electron chi connectivity index (χ4n) is 1.83. The Morgan fingerprint density at radius 2 is 2.00 bits per heavy atom. The molecule has 2 rings (SSSR count). The van der Waals surface area contributed by atoms with Crippen LogP contribution in [0.3, 0.4) is 0 Å². The summed E-state index contributed by atoms with van der Waals surface area (Å²) in [5, 5.41) is 0. The molecule has 1 fully saturated rings. The van der Waals surface area contributed by atoms with Crippen molar-refractivity contribution < 1.29 is 4.39 Å². The quantitative estimate of drug-likeness (QED) is 0.740. The van der Waals surface area contributed by atoms with Crippen LogP contribution in [0.2, 0.25) is 0 Å². The monoisotopic (exact) mass is 179 g/mol. The SMILES string of the molecule is NC1(Cc2ccccc2F)CCC1. The van der Waals surface area contributed by atoms with Crippen molar-refractivity contribution in [3.05, 3.63) is 35.6 Å². The highest BCUT2D eigenvalue weighted by Gasteiger charge is 2.32. The summed E-state index contributed by atoms with van der Waals surface area (Å²) in [6, 6.07) is 6.89. The van der Waals surface area contributed by atoms with Crippen molar-refractivity contribution in [1.82, 2.24) is 0 Å². The zero-order valence-corrected chi connectivity index (χ0v) is 7.59. The van der Waals surface area contributed by atoms with E-state index in [1.165, 1.54) is 12.5 Å². The van der Waals surface area contributed by atoms with Gasteiger partial charge in [0.05, 0.1) is 0 Å². The minimum atomic E-state index is -0.126. The van der Waals surface area contributed by atoms with Gasteiger partial charge < -0.3 is 5.73 Å². The highest BCUT2D eigenvalue weighted by Crippen LogP contribution is 2.32. The average molecular weight is 179 g/mol. The first-order valence-corrected chi connectivity index (χ1v) is 4.72. The van der Waals surface area contributed by atoms with Gasteiger partial charge in [0.15, 0.2) is 0 Å². The molecule has 0 heterocycles. The van der Waals surface area contributed by atoms with Gasteiger partial charge in [-0.1, -0.05) is 18.2 Å². The summed E-state index contributed by atoms with van der Waals surface area (Å²) in [5.41, 5.74) is 6.67. The second kappa shape index (κ2) is 3.11. The summed E-state index contributed by atoms with van der Waals surface area (Å²) < 4.78 is 13.2. The zero-order valence-electron chi connectivity index (χ0n) is 7.59. The van der Waals surface area contributed by atoms with E-state index in [0.717, 1.165) is 18.4 Å². The van der Waals surface area contributed by atoms with Gasteiger partial charge in [-0.15, -0.1) is 0 Å². The summed E-state index contributed by atoms with van der Waals surface area (Å²) in [6.07, 6.45) is 3.92. The van der Waals surface area contributed by atoms with E-state index in [2.05, 4.69) is 0 Å². The smallest absolute Gasteiger partial charge is 0.126 e. The van der Waals surface area contributed by atoms with Crippen molar-refractivity contribution in [2.45, 2.75) is 31.2 Å². The Kier molecular flexibility index (Phi) is 2.08. The van der Waals surface area contributed by atoms with E-state index in [1.807, 2.05) is 12.1 Å². The third kappa shape index (κ3) is 1.73. The fraction of sp³-hybridized carbons (Fsp3) is 0.455. The predicted octanol–water partition coefficient (Wildman–Crippen LogP) is 2.25. The molecule has 1 aliphatic rings. The van der Waals surface area contributed by atoms with Gasteiger partial charge in [0.2, 0.25) is 0 Å². The normalized spacial score (nSPS) is 19.5. The second-order valence-electron chi connectivity index (χ2n) is 3.98. The molecular formula is C11H14FN. The molecule has 0 unspecified atom stereocenters. The first-order chi connectivity index (χ1) is 6.20. The summed E-state index contributed by atoms with van der Waals surface area (Å²) >= 11 is 0. The first kappa shape index (κ1) is 8.70. The molecule has 0 spiro atoms. The molecule has 13 heavy (non-hydrogen) atoms. The van der Waals surface area contributed by atoms with Crippen LogP contribution in [0, 0.1) is 5.82 Å². The highest BCUT2D eigenvalue weighted by atomic mass is 19.1. The minimum Gasteiger partial charge on any atom is -0.325 e. The number of hydrogen-bond donors (Lipinski definition) is 1. The van der Waals surface area contributed by atoms with Crippen molar-refractivity contribution in [3.63, 3.8) is 0 Å². The number of nitrogens with two attached hydrogens (primary N) is 1. The lowest BCUT2D eigenvalue weighted by Gasteiger charge is -2.38. The van der Waals surface area contributed by atoms with Crippen LogP contribution in [-0.2, 0) is 6.42 Å². The third-order valence-electron chi connectivity index (χ3n) is 2.85. The Morgan fingerprint density at radius 3 is 2.54 bits per heavy atom. The minimum absolute atomic E-state index is 0.123.